The molecule has 0 unspecified atom stereocenters. The highest BCUT2D eigenvalue weighted by atomic mass is 15.1. The van der Waals surface area contributed by atoms with E-state index in [1.807, 2.05) is 13.2 Å². The van der Waals surface area contributed by atoms with Crippen molar-refractivity contribution in [3.05, 3.63) is 24.3 Å². The fraction of sp³-hybridized carbons (Fsp3) is 0.417. The Morgan fingerprint density at radius 1 is 1.24 bits per heavy atom. The fourth-order valence-electron chi connectivity index (χ4n) is 1.94. The van der Waals surface area contributed by atoms with E-state index < -0.39 is 0 Å². The highest BCUT2D eigenvalue weighted by molar-refractivity contribution is 5.63. The lowest BCUT2D eigenvalue weighted by Crippen LogP contribution is -2.05. The predicted octanol–water partition coefficient (Wildman–Crippen LogP) is 1.96. The number of aryl methyl sites for hydroxylation is 1. The van der Waals surface area contributed by atoms with E-state index in [9.17, 15) is 0 Å². The molecule has 90 valence electrons. The summed E-state index contributed by atoms with van der Waals surface area (Å²) in [7, 11) is 1.87. The zero-order chi connectivity index (χ0) is 12.3. The van der Waals surface area contributed by atoms with E-state index in [0.29, 0.717) is 0 Å². The Hall–Kier alpha value is -1.91. The van der Waals surface area contributed by atoms with E-state index in [1.54, 1.807) is 12.5 Å². The second kappa shape index (κ2) is 4.95. The van der Waals surface area contributed by atoms with Gasteiger partial charge in [-0.25, -0.2) is 15.0 Å². The van der Waals surface area contributed by atoms with Gasteiger partial charge in [-0.2, -0.15) is 0 Å². The van der Waals surface area contributed by atoms with Crippen LogP contribution in [-0.2, 0) is 13.0 Å². The van der Waals surface area contributed by atoms with Crippen molar-refractivity contribution < 1.29 is 0 Å². The zero-order valence-electron chi connectivity index (χ0n) is 10.4. The van der Waals surface area contributed by atoms with Crippen LogP contribution in [0.1, 0.15) is 19.4 Å². The topological polar surface area (TPSA) is 55.6 Å². The van der Waals surface area contributed by atoms with Gasteiger partial charge in [0.1, 0.15) is 17.8 Å². The number of nitrogens with zero attached hydrogens (tertiary/aromatic N) is 4. The van der Waals surface area contributed by atoms with Crippen molar-refractivity contribution in [1.82, 2.24) is 19.5 Å². The van der Waals surface area contributed by atoms with Gasteiger partial charge in [-0.3, -0.25) is 0 Å². The molecule has 0 bridgehead atoms. The Morgan fingerprint density at radius 3 is 2.71 bits per heavy atom. The summed E-state index contributed by atoms with van der Waals surface area (Å²) in [5.41, 5.74) is 2.02. The van der Waals surface area contributed by atoms with Gasteiger partial charge in [-0.05, 0) is 13.3 Å². The smallest absolute Gasteiger partial charge is 0.159 e. The lowest BCUT2D eigenvalue weighted by Gasteiger charge is -2.11. The summed E-state index contributed by atoms with van der Waals surface area (Å²) < 4.78 is 2.08. The minimum atomic E-state index is 0.878. The summed E-state index contributed by atoms with van der Waals surface area (Å²) in [6, 6.07) is 0. The van der Waals surface area contributed by atoms with Crippen molar-refractivity contribution in [1.29, 1.82) is 0 Å². The molecular formula is C12H17N5. The molecule has 17 heavy (non-hydrogen) atoms. The quantitative estimate of drug-likeness (QED) is 0.874. The van der Waals surface area contributed by atoms with Crippen LogP contribution in [0, 0.1) is 0 Å². The number of imidazole rings is 1. The zero-order valence-corrected chi connectivity index (χ0v) is 10.4. The molecule has 0 saturated heterocycles. The Bertz CT molecular complexity index is 503. The second-order valence-electron chi connectivity index (χ2n) is 3.69. The van der Waals surface area contributed by atoms with Gasteiger partial charge in [-0.15, -0.1) is 0 Å². The summed E-state index contributed by atoms with van der Waals surface area (Å²) in [4.78, 5) is 13.0. The lowest BCUT2D eigenvalue weighted by molar-refractivity contribution is 0.765. The predicted molar refractivity (Wildman–Crippen MR) is 67.9 cm³/mol. The average molecular weight is 231 g/mol. The molecule has 0 saturated carbocycles. The molecule has 5 heteroatoms. The summed E-state index contributed by atoms with van der Waals surface area (Å²) in [6.07, 6.45) is 6.23. The van der Waals surface area contributed by atoms with Gasteiger partial charge < -0.3 is 9.88 Å². The minimum absolute atomic E-state index is 0.878. The molecule has 0 fully saturated rings. The molecule has 0 radical (unpaired) electrons. The molecule has 5 nitrogen and oxygen atoms in total. The molecule has 0 aliphatic rings. The Kier molecular flexibility index (Phi) is 3.37. The van der Waals surface area contributed by atoms with Gasteiger partial charge in [0.25, 0.3) is 0 Å². The van der Waals surface area contributed by atoms with Crippen LogP contribution < -0.4 is 5.32 Å². The SMILES string of the molecule is CCc1c(NC)ncnc1-c1nccn1CC. The van der Waals surface area contributed by atoms with E-state index in [2.05, 4.69) is 38.7 Å². The molecule has 2 heterocycles. The van der Waals surface area contributed by atoms with Crippen LogP contribution in [0.25, 0.3) is 11.5 Å². The average Bonchev–Trinajstić information content (AvgIpc) is 2.85. The number of aromatic nitrogens is 4. The summed E-state index contributed by atoms with van der Waals surface area (Å²) >= 11 is 0. The van der Waals surface area contributed by atoms with Crippen molar-refractivity contribution in [3.8, 4) is 11.5 Å². The number of nitrogens with one attached hydrogen (secondary N) is 1. The van der Waals surface area contributed by atoms with Crippen LogP contribution in [0.15, 0.2) is 18.7 Å². The van der Waals surface area contributed by atoms with Gasteiger partial charge in [0.2, 0.25) is 0 Å². The molecule has 0 aliphatic heterocycles. The number of anilines is 1. The Morgan fingerprint density at radius 2 is 2.06 bits per heavy atom. The van der Waals surface area contributed by atoms with Crippen LogP contribution in [0.4, 0.5) is 5.82 Å². The van der Waals surface area contributed by atoms with Crippen LogP contribution in [0.3, 0.4) is 0 Å². The van der Waals surface area contributed by atoms with Crippen molar-refractivity contribution in [3.63, 3.8) is 0 Å². The maximum atomic E-state index is 4.39. The minimum Gasteiger partial charge on any atom is -0.373 e. The molecule has 1 N–H and O–H groups in total. The Labute approximate surface area is 101 Å². The molecule has 0 spiro atoms. The van der Waals surface area contributed by atoms with Crippen LogP contribution in [0.2, 0.25) is 0 Å². The summed E-state index contributed by atoms with van der Waals surface area (Å²) in [5.74, 6) is 1.78. The lowest BCUT2D eigenvalue weighted by atomic mass is 10.1. The van der Waals surface area contributed by atoms with Crippen LogP contribution >= 0.6 is 0 Å². The highest BCUT2D eigenvalue weighted by Gasteiger charge is 2.14. The van der Waals surface area contributed by atoms with E-state index in [1.165, 1.54) is 0 Å². The first-order chi connectivity index (χ1) is 8.31. The largest absolute Gasteiger partial charge is 0.373 e. The first-order valence-corrected chi connectivity index (χ1v) is 5.84. The van der Waals surface area contributed by atoms with E-state index in [0.717, 1.165) is 35.9 Å². The standard InChI is InChI=1S/C12H17N5/c1-4-9-10(15-8-16-11(9)13-3)12-14-6-7-17(12)5-2/h6-8H,4-5H2,1-3H3,(H,13,15,16). The van der Waals surface area contributed by atoms with Crippen molar-refractivity contribution >= 4 is 5.82 Å². The van der Waals surface area contributed by atoms with Gasteiger partial charge in [0.05, 0.1) is 0 Å². The van der Waals surface area contributed by atoms with E-state index in [-0.39, 0.29) is 0 Å². The van der Waals surface area contributed by atoms with Gasteiger partial charge in [-0.1, -0.05) is 6.92 Å². The summed E-state index contributed by atoms with van der Waals surface area (Å²) in [5, 5.41) is 3.10. The molecular weight excluding hydrogens is 214 g/mol. The van der Waals surface area contributed by atoms with Crippen molar-refractivity contribution in [2.45, 2.75) is 26.8 Å². The molecule has 0 aliphatic carbocycles. The second-order valence-corrected chi connectivity index (χ2v) is 3.69. The number of rotatable bonds is 4. The first kappa shape index (κ1) is 11.6. The van der Waals surface area contributed by atoms with Gasteiger partial charge in [0, 0.05) is 31.5 Å². The van der Waals surface area contributed by atoms with Crippen molar-refractivity contribution in [2.24, 2.45) is 0 Å². The third-order valence-corrected chi connectivity index (χ3v) is 2.80. The monoisotopic (exact) mass is 231 g/mol. The first-order valence-electron chi connectivity index (χ1n) is 5.84. The van der Waals surface area contributed by atoms with Crippen LogP contribution in [-0.4, -0.2) is 26.6 Å². The number of hydrogen-bond acceptors (Lipinski definition) is 4. The highest BCUT2D eigenvalue weighted by Crippen LogP contribution is 2.24. The normalized spacial score (nSPS) is 10.5. The molecule has 2 aromatic rings. The Balaban J connectivity index is 2.59. The third-order valence-electron chi connectivity index (χ3n) is 2.80. The van der Waals surface area contributed by atoms with E-state index in [4.69, 9.17) is 0 Å². The summed E-state index contributed by atoms with van der Waals surface area (Å²) in [6.45, 7) is 5.08. The van der Waals surface area contributed by atoms with E-state index >= 15 is 0 Å². The third kappa shape index (κ3) is 2.00. The molecule has 2 rings (SSSR count). The maximum absolute atomic E-state index is 4.39. The molecule has 0 amide bonds. The molecule has 0 atom stereocenters. The van der Waals surface area contributed by atoms with Gasteiger partial charge in [0.15, 0.2) is 5.82 Å². The molecule has 0 aromatic carbocycles. The van der Waals surface area contributed by atoms with Crippen LogP contribution in [0.5, 0.6) is 0 Å². The molecule has 2 aromatic heterocycles. The fourth-order valence-corrected chi connectivity index (χ4v) is 1.94. The van der Waals surface area contributed by atoms with Gasteiger partial charge >= 0.3 is 0 Å². The number of hydrogen-bond donors (Lipinski definition) is 1. The maximum Gasteiger partial charge on any atom is 0.159 e. The van der Waals surface area contributed by atoms with Crippen molar-refractivity contribution in [2.75, 3.05) is 12.4 Å².